The lowest BCUT2D eigenvalue weighted by Gasteiger charge is -2.25. The molecule has 0 aromatic carbocycles. The number of ether oxygens (including phenoxy) is 1. The van der Waals surface area contributed by atoms with Crippen molar-refractivity contribution in [1.29, 1.82) is 0 Å². The average Bonchev–Trinajstić information content (AvgIpc) is 3.03. The predicted molar refractivity (Wildman–Crippen MR) is 59.9 cm³/mol. The molecule has 0 spiro atoms. The molecule has 86 valence electrons. The standard InChI is InChI=1S/C10H20N4O/c11-10(13-9-1-2-9)12-3-4-14-5-7-15-8-6-14/h9H,1-8H2,(H3,11,12,13). The summed E-state index contributed by atoms with van der Waals surface area (Å²) in [5, 5.41) is 3.18. The largest absolute Gasteiger partial charge is 0.379 e. The fraction of sp³-hybridized carbons (Fsp3) is 0.900. The van der Waals surface area contributed by atoms with Crippen LogP contribution in [0, 0.1) is 0 Å². The molecule has 0 bridgehead atoms. The van der Waals surface area contributed by atoms with Gasteiger partial charge in [-0.05, 0) is 12.8 Å². The van der Waals surface area contributed by atoms with Crippen LogP contribution in [0.2, 0.25) is 0 Å². The molecule has 5 heteroatoms. The van der Waals surface area contributed by atoms with Crippen LogP contribution in [0.4, 0.5) is 0 Å². The van der Waals surface area contributed by atoms with Gasteiger partial charge in [0.15, 0.2) is 5.96 Å². The molecule has 15 heavy (non-hydrogen) atoms. The van der Waals surface area contributed by atoms with Gasteiger partial charge in [-0.3, -0.25) is 9.89 Å². The van der Waals surface area contributed by atoms with Crippen LogP contribution in [-0.2, 0) is 4.74 Å². The SMILES string of the molecule is NC(=NCCN1CCOCC1)NC1CC1. The maximum atomic E-state index is 5.73. The van der Waals surface area contributed by atoms with Crippen molar-refractivity contribution >= 4 is 5.96 Å². The summed E-state index contributed by atoms with van der Waals surface area (Å²) in [6.45, 7) is 5.50. The Hall–Kier alpha value is -0.810. The third-order valence-electron chi connectivity index (χ3n) is 2.73. The van der Waals surface area contributed by atoms with Gasteiger partial charge in [-0.2, -0.15) is 0 Å². The molecule has 1 saturated heterocycles. The number of hydrogen-bond acceptors (Lipinski definition) is 3. The molecule has 2 rings (SSSR count). The van der Waals surface area contributed by atoms with Crippen LogP contribution in [0.25, 0.3) is 0 Å². The van der Waals surface area contributed by atoms with Gasteiger partial charge in [0.2, 0.25) is 0 Å². The zero-order valence-electron chi connectivity index (χ0n) is 9.11. The van der Waals surface area contributed by atoms with E-state index in [4.69, 9.17) is 10.5 Å². The minimum atomic E-state index is 0.595. The van der Waals surface area contributed by atoms with Crippen LogP contribution >= 0.6 is 0 Å². The molecule has 2 aliphatic rings. The van der Waals surface area contributed by atoms with E-state index in [0.717, 1.165) is 39.4 Å². The first-order valence-electron chi connectivity index (χ1n) is 5.71. The van der Waals surface area contributed by atoms with Crippen LogP contribution in [-0.4, -0.2) is 56.3 Å². The predicted octanol–water partition coefficient (Wildman–Crippen LogP) is -0.615. The Kier molecular flexibility index (Phi) is 3.80. The van der Waals surface area contributed by atoms with E-state index < -0.39 is 0 Å². The van der Waals surface area contributed by atoms with Crippen LogP contribution in [0.15, 0.2) is 4.99 Å². The summed E-state index contributed by atoms with van der Waals surface area (Å²) in [5.41, 5.74) is 5.73. The summed E-state index contributed by atoms with van der Waals surface area (Å²) in [5.74, 6) is 0.603. The first kappa shape index (κ1) is 10.7. The zero-order valence-corrected chi connectivity index (χ0v) is 9.11. The van der Waals surface area contributed by atoms with Crippen LogP contribution in [0.3, 0.4) is 0 Å². The molecule has 0 amide bonds. The summed E-state index contributed by atoms with van der Waals surface area (Å²) in [6.07, 6.45) is 2.47. The van der Waals surface area contributed by atoms with Crippen molar-refractivity contribution in [3.63, 3.8) is 0 Å². The lowest BCUT2D eigenvalue weighted by molar-refractivity contribution is 0.0394. The molecular weight excluding hydrogens is 192 g/mol. The average molecular weight is 212 g/mol. The number of rotatable bonds is 4. The van der Waals surface area contributed by atoms with Gasteiger partial charge in [0, 0.05) is 25.7 Å². The molecule has 0 atom stereocenters. The van der Waals surface area contributed by atoms with Crippen molar-refractivity contribution in [2.24, 2.45) is 10.7 Å². The highest BCUT2D eigenvalue weighted by atomic mass is 16.5. The van der Waals surface area contributed by atoms with Crippen molar-refractivity contribution < 1.29 is 4.74 Å². The quantitative estimate of drug-likeness (QED) is 0.482. The Morgan fingerprint density at radius 3 is 2.80 bits per heavy atom. The van der Waals surface area contributed by atoms with E-state index in [9.17, 15) is 0 Å². The van der Waals surface area contributed by atoms with Crippen molar-refractivity contribution in [2.45, 2.75) is 18.9 Å². The number of hydrogen-bond donors (Lipinski definition) is 2. The van der Waals surface area contributed by atoms with Gasteiger partial charge in [0.25, 0.3) is 0 Å². The minimum absolute atomic E-state index is 0.595. The Labute approximate surface area is 90.7 Å². The number of guanidine groups is 1. The van der Waals surface area contributed by atoms with Gasteiger partial charge in [0.05, 0.1) is 19.8 Å². The van der Waals surface area contributed by atoms with Gasteiger partial charge in [0.1, 0.15) is 0 Å². The highest BCUT2D eigenvalue weighted by Gasteiger charge is 2.21. The van der Waals surface area contributed by atoms with Crippen molar-refractivity contribution in [3.05, 3.63) is 0 Å². The number of nitrogens with two attached hydrogens (primary N) is 1. The van der Waals surface area contributed by atoms with Crippen molar-refractivity contribution in [2.75, 3.05) is 39.4 Å². The number of aliphatic imine (C=N–C) groups is 1. The first-order valence-corrected chi connectivity index (χ1v) is 5.71. The Balaban J connectivity index is 1.59. The topological polar surface area (TPSA) is 62.9 Å². The third-order valence-corrected chi connectivity index (χ3v) is 2.73. The molecule has 1 aliphatic heterocycles. The number of nitrogens with one attached hydrogen (secondary N) is 1. The molecule has 5 nitrogen and oxygen atoms in total. The zero-order chi connectivity index (χ0) is 10.5. The highest BCUT2D eigenvalue weighted by Crippen LogP contribution is 2.17. The van der Waals surface area contributed by atoms with Gasteiger partial charge in [-0.15, -0.1) is 0 Å². The van der Waals surface area contributed by atoms with E-state index in [1.54, 1.807) is 0 Å². The van der Waals surface area contributed by atoms with Crippen LogP contribution in [0.5, 0.6) is 0 Å². The Morgan fingerprint density at radius 2 is 2.13 bits per heavy atom. The van der Waals surface area contributed by atoms with E-state index in [1.807, 2.05) is 0 Å². The van der Waals surface area contributed by atoms with E-state index in [-0.39, 0.29) is 0 Å². The van der Waals surface area contributed by atoms with E-state index in [2.05, 4.69) is 15.2 Å². The summed E-state index contributed by atoms with van der Waals surface area (Å²) in [6, 6.07) is 0.595. The smallest absolute Gasteiger partial charge is 0.188 e. The molecule has 0 radical (unpaired) electrons. The fourth-order valence-electron chi connectivity index (χ4n) is 1.62. The second-order valence-corrected chi connectivity index (χ2v) is 4.14. The van der Waals surface area contributed by atoms with Crippen molar-refractivity contribution in [1.82, 2.24) is 10.2 Å². The highest BCUT2D eigenvalue weighted by molar-refractivity contribution is 5.78. The van der Waals surface area contributed by atoms with Gasteiger partial charge in [-0.25, -0.2) is 0 Å². The maximum absolute atomic E-state index is 5.73. The molecule has 3 N–H and O–H groups in total. The van der Waals surface area contributed by atoms with E-state index >= 15 is 0 Å². The maximum Gasteiger partial charge on any atom is 0.188 e. The Bertz CT molecular complexity index is 221. The van der Waals surface area contributed by atoms with Gasteiger partial charge in [-0.1, -0.05) is 0 Å². The molecule has 0 aromatic rings. The third kappa shape index (κ3) is 4.05. The molecule has 2 fully saturated rings. The number of morpholine rings is 1. The van der Waals surface area contributed by atoms with Crippen LogP contribution in [0.1, 0.15) is 12.8 Å². The fourth-order valence-corrected chi connectivity index (χ4v) is 1.62. The van der Waals surface area contributed by atoms with Crippen molar-refractivity contribution in [3.8, 4) is 0 Å². The monoisotopic (exact) mass is 212 g/mol. The van der Waals surface area contributed by atoms with Crippen LogP contribution < -0.4 is 11.1 Å². The van der Waals surface area contributed by atoms with Gasteiger partial charge < -0.3 is 15.8 Å². The second-order valence-electron chi connectivity index (χ2n) is 4.14. The summed E-state index contributed by atoms with van der Waals surface area (Å²) < 4.78 is 5.27. The normalized spacial score (nSPS) is 24.1. The first-order chi connectivity index (χ1) is 7.34. The minimum Gasteiger partial charge on any atom is -0.379 e. The molecule has 1 aliphatic carbocycles. The molecule has 1 saturated carbocycles. The molecular formula is C10H20N4O. The lowest BCUT2D eigenvalue weighted by Crippen LogP contribution is -2.39. The number of nitrogens with zero attached hydrogens (tertiary/aromatic N) is 2. The summed E-state index contributed by atoms with van der Waals surface area (Å²) in [7, 11) is 0. The molecule has 1 heterocycles. The summed E-state index contributed by atoms with van der Waals surface area (Å²) >= 11 is 0. The second kappa shape index (κ2) is 5.32. The molecule has 0 unspecified atom stereocenters. The Morgan fingerprint density at radius 1 is 1.40 bits per heavy atom. The lowest BCUT2D eigenvalue weighted by atomic mass is 10.4. The van der Waals surface area contributed by atoms with E-state index in [1.165, 1.54) is 12.8 Å². The summed E-state index contributed by atoms with van der Waals surface area (Å²) in [4.78, 5) is 6.66. The van der Waals surface area contributed by atoms with E-state index in [0.29, 0.717) is 12.0 Å². The van der Waals surface area contributed by atoms with Gasteiger partial charge >= 0.3 is 0 Å². The molecule has 0 aromatic heterocycles.